The van der Waals surface area contributed by atoms with E-state index in [1.807, 2.05) is 18.2 Å². The second-order valence-corrected chi connectivity index (χ2v) is 3.82. The lowest BCUT2D eigenvalue weighted by molar-refractivity contribution is 0.847. The van der Waals surface area contributed by atoms with Crippen molar-refractivity contribution in [2.45, 2.75) is 19.8 Å². The molecule has 0 saturated carbocycles. The van der Waals surface area contributed by atoms with E-state index in [1.165, 1.54) is 0 Å². The van der Waals surface area contributed by atoms with Gasteiger partial charge in [0.15, 0.2) is 0 Å². The molecule has 0 bridgehead atoms. The summed E-state index contributed by atoms with van der Waals surface area (Å²) in [5, 5.41) is 1.45. The second kappa shape index (κ2) is 4.03. The van der Waals surface area contributed by atoms with Crippen molar-refractivity contribution in [2.75, 3.05) is 5.73 Å². The Morgan fingerprint density at radius 3 is 2.87 bits per heavy atom. The zero-order chi connectivity index (χ0) is 10.8. The highest BCUT2D eigenvalue weighted by Crippen LogP contribution is 2.24. The fourth-order valence-corrected chi connectivity index (χ4v) is 1.74. The van der Waals surface area contributed by atoms with Gasteiger partial charge in [-0.2, -0.15) is 0 Å². The number of nitrogens with two attached hydrogens (primary N) is 1. The minimum absolute atomic E-state index is 0.506. The highest BCUT2D eigenvalue weighted by molar-refractivity contribution is 6.35. The van der Waals surface area contributed by atoms with Gasteiger partial charge in [-0.25, -0.2) is 9.97 Å². The van der Waals surface area contributed by atoms with Crippen molar-refractivity contribution in [1.82, 2.24) is 9.97 Å². The number of nitrogen functional groups attached to an aromatic ring is 1. The summed E-state index contributed by atoms with van der Waals surface area (Å²) in [5.74, 6) is 1.27. The molecule has 2 rings (SSSR count). The molecular formula is C11H12ClN3. The third kappa shape index (κ3) is 1.88. The molecular weight excluding hydrogens is 210 g/mol. The Labute approximate surface area is 93.3 Å². The van der Waals surface area contributed by atoms with E-state index in [2.05, 4.69) is 16.9 Å². The summed E-state index contributed by atoms with van der Waals surface area (Å²) in [4.78, 5) is 8.64. The average Bonchev–Trinajstić information content (AvgIpc) is 2.20. The van der Waals surface area contributed by atoms with Gasteiger partial charge in [0, 0.05) is 11.8 Å². The maximum Gasteiger partial charge on any atom is 0.135 e. The largest absolute Gasteiger partial charge is 0.383 e. The molecule has 0 amide bonds. The number of fused-ring (bicyclic) bond motifs is 1. The van der Waals surface area contributed by atoms with E-state index < -0.39 is 0 Å². The van der Waals surface area contributed by atoms with Crippen molar-refractivity contribution in [3.05, 3.63) is 29.0 Å². The number of hydrogen-bond acceptors (Lipinski definition) is 3. The van der Waals surface area contributed by atoms with Gasteiger partial charge in [-0.05, 0) is 18.6 Å². The van der Waals surface area contributed by atoms with Crippen LogP contribution in [0.15, 0.2) is 18.2 Å². The molecule has 0 radical (unpaired) electrons. The monoisotopic (exact) mass is 221 g/mol. The number of benzene rings is 1. The molecule has 78 valence electrons. The van der Waals surface area contributed by atoms with E-state index in [-0.39, 0.29) is 0 Å². The molecule has 1 heterocycles. The first-order valence-electron chi connectivity index (χ1n) is 4.93. The SMILES string of the molecule is CCCc1nc(N)c2cccc(Cl)c2n1. The smallest absolute Gasteiger partial charge is 0.135 e. The van der Waals surface area contributed by atoms with Crippen LogP contribution in [0.2, 0.25) is 5.02 Å². The third-order valence-corrected chi connectivity index (χ3v) is 2.53. The molecule has 4 heteroatoms. The number of nitrogens with zero attached hydrogens (tertiary/aromatic N) is 2. The Kier molecular flexibility index (Phi) is 2.73. The summed E-state index contributed by atoms with van der Waals surface area (Å²) in [6, 6.07) is 5.54. The first-order valence-corrected chi connectivity index (χ1v) is 5.30. The van der Waals surface area contributed by atoms with E-state index >= 15 is 0 Å². The van der Waals surface area contributed by atoms with Gasteiger partial charge < -0.3 is 5.73 Å². The molecule has 2 N–H and O–H groups in total. The molecule has 1 aromatic heterocycles. The van der Waals surface area contributed by atoms with E-state index in [4.69, 9.17) is 17.3 Å². The summed E-state index contributed by atoms with van der Waals surface area (Å²) < 4.78 is 0. The Morgan fingerprint density at radius 2 is 2.13 bits per heavy atom. The van der Waals surface area contributed by atoms with Gasteiger partial charge in [0.25, 0.3) is 0 Å². The maximum absolute atomic E-state index is 6.06. The van der Waals surface area contributed by atoms with Crippen LogP contribution in [-0.4, -0.2) is 9.97 Å². The molecule has 15 heavy (non-hydrogen) atoms. The maximum atomic E-state index is 6.06. The molecule has 0 spiro atoms. The van der Waals surface area contributed by atoms with Gasteiger partial charge >= 0.3 is 0 Å². The molecule has 2 aromatic rings. The van der Waals surface area contributed by atoms with Crippen LogP contribution >= 0.6 is 11.6 Å². The van der Waals surface area contributed by atoms with Gasteiger partial charge in [-0.3, -0.25) is 0 Å². The van der Waals surface area contributed by atoms with Gasteiger partial charge in [0.05, 0.1) is 10.5 Å². The van der Waals surface area contributed by atoms with Crippen molar-refractivity contribution in [3.63, 3.8) is 0 Å². The van der Waals surface area contributed by atoms with E-state index in [0.717, 1.165) is 29.6 Å². The van der Waals surface area contributed by atoms with E-state index in [1.54, 1.807) is 0 Å². The van der Waals surface area contributed by atoms with Crippen molar-refractivity contribution in [3.8, 4) is 0 Å². The number of aromatic nitrogens is 2. The summed E-state index contributed by atoms with van der Waals surface area (Å²) in [5.41, 5.74) is 6.59. The molecule has 0 atom stereocenters. The summed E-state index contributed by atoms with van der Waals surface area (Å²) >= 11 is 6.06. The molecule has 0 aliphatic rings. The third-order valence-electron chi connectivity index (χ3n) is 2.23. The number of aryl methyl sites for hydroxylation is 1. The number of rotatable bonds is 2. The van der Waals surface area contributed by atoms with Gasteiger partial charge in [-0.1, -0.05) is 24.6 Å². The Bertz CT molecular complexity index is 496. The van der Waals surface area contributed by atoms with Crippen molar-refractivity contribution in [2.24, 2.45) is 0 Å². The first kappa shape index (κ1) is 10.2. The van der Waals surface area contributed by atoms with E-state index in [0.29, 0.717) is 10.8 Å². The normalized spacial score (nSPS) is 10.8. The molecule has 0 aliphatic carbocycles. The highest BCUT2D eigenvalue weighted by Gasteiger charge is 2.06. The lowest BCUT2D eigenvalue weighted by Gasteiger charge is -2.05. The lowest BCUT2D eigenvalue weighted by atomic mass is 10.2. The fraction of sp³-hybridized carbons (Fsp3) is 0.273. The van der Waals surface area contributed by atoms with Crippen LogP contribution in [-0.2, 0) is 6.42 Å². The summed E-state index contributed by atoms with van der Waals surface area (Å²) in [7, 11) is 0. The van der Waals surface area contributed by atoms with Crippen LogP contribution in [0, 0.1) is 0 Å². The van der Waals surface area contributed by atoms with Crippen molar-refractivity contribution in [1.29, 1.82) is 0 Å². The quantitative estimate of drug-likeness (QED) is 0.849. The standard InChI is InChI=1S/C11H12ClN3/c1-2-4-9-14-10-7(11(13)15-9)5-3-6-8(10)12/h3,5-6H,2,4H2,1H3,(H2,13,14,15). The van der Waals surface area contributed by atoms with Gasteiger partial charge in [-0.15, -0.1) is 0 Å². The fourth-order valence-electron chi connectivity index (χ4n) is 1.52. The van der Waals surface area contributed by atoms with Crippen LogP contribution in [0.4, 0.5) is 5.82 Å². The Balaban J connectivity index is 2.68. The van der Waals surface area contributed by atoms with Gasteiger partial charge in [0.1, 0.15) is 11.6 Å². The second-order valence-electron chi connectivity index (χ2n) is 3.41. The van der Waals surface area contributed by atoms with Crippen LogP contribution in [0.1, 0.15) is 19.2 Å². The molecule has 1 aromatic carbocycles. The number of halogens is 1. The molecule has 0 saturated heterocycles. The zero-order valence-corrected chi connectivity index (χ0v) is 9.25. The molecule has 3 nitrogen and oxygen atoms in total. The minimum Gasteiger partial charge on any atom is -0.383 e. The highest BCUT2D eigenvalue weighted by atomic mass is 35.5. The van der Waals surface area contributed by atoms with E-state index in [9.17, 15) is 0 Å². The summed E-state index contributed by atoms with van der Waals surface area (Å²) in [6.45, 7) is 2.08. The minimum atomic E-state index is 0.506. The van der Waals surface area contributed by atoms with Crippen LogP contribution in [0.3, 0.4) is 0 Å². The average molecular weight is 222 g/mol. The molecule has 0 fully saturated rings. The molecule has 0 aliphatic heterocycles. The Morgan fingerprint density at radius 1 is 1.33 bits per heavy atom. The number of para-hydroxylation sites is 1. The predicted octanol–water partition coefficient (Wildman–Crippen LogP) is 2.82. The number of anilines is 1. The van der Waals surface area contributed by atoms with Crippen LogP contribution in [0.25, 0.3) is 10.9 Å². The van der Waals surface area contributed by atoms with Crippen molar-refractivity contribution < 1.29 is 0 Å². The Hall–Kier alpha value is -1.35. The zero-order valence-electron chi connectivity index (χ0n) is 8.50. The van der Waals surface area contributed by atoms with Crippen LogP contribution < -0.4 is 5.73 Å². The van der Waals surface area contributed by atoms with Crippen LogP contribution in [0.5, 0.6) is 0 Å². The van der Waals surface area contributed by atoms with Gasteiger partial charge in [0.2, 0.25) is 0 Å². The lowest BCUT2D eigenvalue weighted by Crippen LogP contribution is -2.01. The number of hydrogen-bond donors (Lipinski definition) is 1. The summed E-state index contributed by atoms with van der Waals surface area (Å²) in [6.07, 6.45) is 1.82. The molecule has 0 unspecified atom stereocenters. The van der Waals surface area contributed by atoms with Crippen molar-refractivity contribution >= 4 is 28.3 Å². The first-order chi connectivity index (χ1) is 7.22. The predicted molar refractivity (Wildman–Crippen MR) is 63.0 cm³/mol. The topological polar surface area (TPSA) is 51.8 Å².